The van der Waals surface area contributed by atoms with E-state index in [1.54, 1.807) is 43.3 Å². The predicted molar refractivity (Wildman–Crippen MR) is 123 cm³/mol. The van der Waals surface area contributed by atoms with Crippen LogP contribution in [0, 0.1) is 12.7 Å². The molecule has 8 heteroatoms. The number of carbonyl (C=O) groups excluding carboxylic acids is 2. The zero-order valence-electron chi connectivity index (χ0n) is 17.4. The van der Waals surface area contributed by atoms with Crippen molar-refractivity contribution in [2.45, 2.75) is 11.8 Å². The number of rotatable bonds is 6. The molecule has 0 saturated heterocycles. The van der Waals surface area contributed by atoms with E-state index in [-0.39, 0.29) is 22.2 Å². The molecule has 2 amide bonds. The molecule has 0 fully saturated rings. The first-order valence-corrected chi connectivity index (χ1v) is 11.5. The fraction of sp³-hybridized carbons (Fsp3) is 0.0833. The Balaban J connectivity index is 1.66. The summed E-state index contributed by atoms with van der Waals surface area (Å²) in [6, 6.07) is 16.5. The molecule has 0 aliphatic rings. The molecule has 164 valence electrons. The molecular weight excluding hydrogens is 431 g/mol. The number of hydrogen-bond acceptors (Lipinski definition) is 4. The molecule has 0 heterocycles. The van der Waals surface area contributed by atoms with E-state index in [9.17, 15) is 22.4 Å². The highest BCUT2D eigenvalue weighted by atomic mass is 32.2. The van der Waals surface area contributed by atoms with Crippen LogP contribution in [-0.2, 0) is 14.6 Å². The van der Waals surface area contributed by atoms with Crippen molar-refractivity contribution in [2.75, 3.05) is 16.9 Å². The number of amides is 2. The second-order valence-corrected chi connectivity index (χ2v) is 9.17. The lowest BCUT2D eigenvalue weighted by atomic mass is 10.1. The van der Waals surface area contributed by atoms with E-state index < -0.39 is 15.7 Å². The second kappa shape index (κ2) is 9.57. The lowest BCUT2D eigenvalue weighted by molar-refractivity contribution is -0.111. The molecule has 0 aliphatic heterocycles. The third-order valence-corrected chi connectivity index (χ3v) is 5.67. The Labute approximate surface area is 185 Å². The molecule has 0 saturated carbocycles. The van der Waals surface area contributed by atoms with Crippen LogP contribution in [0.5, 0.6) is 0 Å². The fourth-order valence-corrected chi connectivity index (χ4v) is 3.54. The highest BCUT2D eigenvalue weighted by Gasteiger charge is 2.13. The Morgan fingerprint density at radius 1 is 0.938 bits per heavy atom. The van der Waals surface area contributed by atoms with Gasteiger partial charge in [0.1, 0.15) is 5.82 Å². The van der Waals surface area contributed by atoms with E-state index in [0.29, 0.717) is 22.5 Å². The topological polar surface area (TPSA) is 92.3 Å². The van der Waals surface area contributed by atoms with E-state index in [0.717, 1.165) is 6.26 Å². The first-order chi connectivity index (χ1) is 15.1. The van der Waals surface area contributed by atoms with Crippen LogP contribution >= 0.6 is 0 Å². The summed E-state index contributed by atoms with van der Waals surface area (Å²) in [5.74, 6) is -1.15. The van der Waals surface area contributed by atoms with E-state index in [1.165, 1.54) is 42.5 Å². The van der Waals surface area contributed by atoms with Crippen LogP contribution in [0.3, 0.4) is 0 Å². The van der Waals surface area contributed by atoms with Crippen molar-refractivity contribution in [3.05, 3.63) is 95.3 Å². The van der Waals surface area contributed by atoms with Crippen molar-refractivity contribution >= 4 is 39.1 Å². The first-order valence-electron chi connectivity index (χ1n) is 9.58. The van der Waals surface area contributed by atoms with Crippen LogP contribution in [0.4, 0.5) is 15.8 Å². The quantitative estimate of drug-likeness (QED) is 0.541. The zero-order chi connectivity index (χ0) is 23.3. The monoisotopic (exact) mass is 452 g/mol. The SMILES string of the molecule is Cc1cc(NC(=O)/C=C/c2ccc(F)cc2)ccc1NC(=O)c1cccc(S(C)(=O)=O)c1. The standard InChI is InChI=1S/C24H21FN2O4S/c1-16-14-20(26-23(28)13-8-17-6-9-19(25)10-7-17)11-12-22(16)27-24(29)18-4-3-5-21(15-18)32(2,30)31/h3-15H,1-2H3,(H,26,28)(H,27,29)/b13-8+. The third-order valence-electron chi connectivity index (χ3n) is 4.56. The summed E-state index contributed by atoms with van der Waals surface area (Å²) in [6.45, 7) is 1.77. The van der Waals surface area contributed by atoms with Gasteiger partial charge in [0.2, 0.25) is 5.91 Å². The van der Waals surface area contributed by atoms with E-state index in [4.69, 9.17) is 0 Å². The average molecular weight is 453 g/mol. The number of benzene rings is 3. The number of aryl methyl sites for hydroxylation is 1. The van der Waals surface area contributed by atoms with Crippen LogP contribution in [0.2, 0.25) is 0 Å². The molecular formula is C24H21FN2O4S. The molecule has 0 aliphatic carbocycles. The molecule has 0 radical (unpaired) electrons. The maximum absolute atomic E-state index is 12.9. The molecule has 0 aromatic heterocycles. The van der Waals surface area contributed by atoms with E-state index >= 15 is 0 Å². The highest BCUT2D eigenvalue weighted by molar-refractivity contribution is 7.90. The first kappa shape index (κ1) is 22.9. The number of nitrogens with one attached hydrogen (secondary N) is 2. The number of halogens is 1. The number of carbonyl (C=O) groups is 2. The summed E-state index contributed by atoms with van der Waals surface area (Å²) in [6.07, 6.45) is 3.99. The molecule has 32 heavy (non-hydrogen) atoms. The molecule has 0 atom stereocenters. The predicted octanol–water partition coefficient (Wildman–Crippen LogP) is 4.44. The Kier molecular flexibility index (Phi) is 6.85. The van der Waals surface area contributed by atoms with Gasteiger partial charge in [0, 0.05) is 29.3 Å². The van der Waals surface area contributed by atoms with Gasteiger partial charge in [0.15, 0.2) is 9.84 Å². The average Bonchev–Trinajstić information content (AvgIpc) is 2.74. The van der Waals surface area contributed by atoms with E-state index in [2.05, 4.69) is 10.6 Å². The largest absolute Gasteiger partial charge is 0.323 e. The van der Waals surface area contributed by atoms with Crippen LogP contribution in [-0.4, -0.2) is 26.5 Å². The van der Waals surface area contributed by atoms with Gasteiger partial charge in [-0.3, -0.25) is 9.59 Å². The summed E-state index contributed by atoms with van der Waals surface area (Å²) >= 11 is 0. The maximum Gasteiger partial charge on any atom is 0.255 e. The van der Waals surface area contributed by atoms with Crippen LogP contribution in [0.25, 0.3) is 6.08 Å². The third kappa shape index (κ3) is 6.12. The molecule has 6 nitrogen and oxygen atoms in total. The normalized spacial score (nSPS) is 11.3. The molecule has 3 aromatic carbocycles. The molecule has 0 bridgehead atoms. The van der Waals surface area contributed by atoms with Crippen LogP contribution < -0.4 is 10.6 Å². The van der Waals surface area contributed by atoms with Crippen molar-refractivity contribution in [1.82, 2.24) is 0 Å². The lowest BCUT2D eigenvalue weighted by Crippen LogP contribution is -2.14. The smallest absolute Gasteiger partial charge is 0.255 e. The van der Waals surface area contributed by atoms with Gasteiger partial charge in [0.25, 0.3) is 5.91 Å². The molecule has 3 aromatic rings. The van der Waals surface area contributed by atoms with Gasteiger partial charge < -0.3 is 10.6 Å². The molecule has 0 unspecified atom stereocenters. The number of hydrogen-bond donors (Lipinski definition) is 2. The van der Waals surface area contributed by atoms with Crippen molar-refractivity contribution in [3.8, 4) is 0 Å². The van der Waals surface area contributed by atoms with Crippen LogP contribution in [0.15, 0.2) is 77.7 Å². The number of anilines is 2. The summed E-state index contributed by atoms with van der Waals surface area (Å²) in [4.78, 5) is 24.7. The Bertz CT molecular complexity index is 1300. The Morgan fingerprint density at radius 2 is 1.66 bits per heavy atom. The summed E-state index contributed by atoms with van der Waals surface area (Å²) in [5, 5.41) is 5.47. The van der Waals surface area contributed by atoms with Gasteiger partial charge in [-0.15, -0.1) is 0 Å². The summed E-state index contributed by atoms with van der Waals surface area (Å²) in [5.41, 5.74) is 2.68. The molecule has 0 spiro atoms. The summed E-state index contributed by atoms with van der Waals surface area (Å²) < 4.78 is 36.3. The fourth-order valence-electron chi connectivity index (χ4n) is 2.87. The minimum atomic E-state index is -3.42. The van der Waals surface area contributed by atoms with Crippen molar-refractivity contribution < 1.29 is 22.4 Å². The maximum atomic E-state index is 12.9. The van der Waals surface area contributed by atoms with Gasteiger partial charge in [0.05, 0.1) is 4.90 Å². The van der Waals surface area contributed by atoms with Gasteiger partial charge in [-0.2, -0.15) is 0 Å². The minimum absolute atomic E-state index is 0.0635. The second-order valence-electron chi connectivity index (χ2n) is 7.16. The highest BCUT2D eigenvalue weighted by Crippen LogP contribution is 2.21. The molecule has 2 N–H and O–H groups in total. The van der Waals surface area contributed by atoms with Crippen molar-refractivity contribution in [2.24, 2.45) is 0 Å². The van der Waals surface area contributed by atoms with Gasteiger partial charge in [-0.1, -0.05) is 18.2 Å². The minimum Gasteiger partial charge on any atom is -0.323 e. The van der Waals surface area contributed by atoms with E-state index in [1.807, 2.05) is 0 Å². The van der Waals surface area contributed by atoms with Crippen molar-refractivity contribution in [3.63, 3.8) is 0 Å². The zero-order valence-corrected chi connectivity index (χ0v) is 18.2. The van der Waals surface area contributed by atoms with Crippen LogP contribution in [0.1, 0.15) is 21.5 Å². The lowest BCUT2D eigenvalue weighted by Gasteiger charge is -2.11. The number of sulfone groups is 1. The summed E-state index contributed by atoms with van der Waals surface area (Å²) in [7, 11) is -3.42. The Morgan fingerprint density at radius 3 is 2.31 bits per heavy atom. The Hall–Kier alpha value is -3.78. The van der Waals surface area contributed by atoms with Gasteiger partial charge in [-0.25, -0.2) is 12.8 Å². The molecule has 3 rings (SSSR count). The van der Waals surface area contributed by atoms with Crippen molar-refractivity contribution in [1.29, 1.82) is 0 Å². The van der Waals surface area contributed by atoms with Gasteiger partial charge >= 0.3 is 0 Å². The van der Waals surface area contributed by atoms with Gasteiger partial charge in [-0.05, 0) is 72.7 Å².